The molecule has 0 spiro atoms. The summed E-state index contributed by atoms with van der Waals surface area (Å²) >= 11 is 6.23. The SMILES string of the molecule is C=CCN(c1ccccc1Cl)S(=O)(=O)c1cccc(C(=O)Nc2ccc(C(=O)OCC)cc2)c1. The minimum Gasteiger partial charge on any atom is -0.462 e. The molecule has 3 rings (SSSR count). The minimum absolute atomic E-state index is 0.00466. The monoisotopic (exact) mass is 498 g/mol. The molecule has 34 heavy (non-hydrogen) atoms. The van der Waals surface area contributed by atoms with Crippen LogP contribution in [-0.2, 0) is 14.8 Å². The molecule has 7 nitrogen and oxygen atoms in total. The van der Waals surface area contributed by atoms with Crippen molar-refractivity contribution in [1.82, 2.24) is 0 Å². The maximum Gasteiger partial charge on any atom is 0.338 e. The summed E-state index contributed by atoms with van der Waals surface area (Å²) in [5.74, 6) is -0.963. The van der Waals surface area contributed by atoms with Crippen LogP contribution < -0.4 is 9.62 Å². The molecule has 1 amide bonds. The highest BCUT2D eigenvalue weighted by Gasteiger charge is 2.26. The molecule has 0 aliphatic carbocycles. The molecule has 0 bridgehead atoms. The van der Waals surface area contributed by atoms with Gasteiger partial charge in [0.25, 0.3) is 15.9 Å². The Hall–Kier alpha value is -3.62. The molecular weight excluding hydrogens is 476 g/mol. The summed E-state index contributed by atoms with van der Waals surface area (Å²) in [5.41, 5.74) is 1.25. The van der Waals surface area contributed by atoms with Crippen molar-refractivity contribution in [1.29, 1.82) is 0 Å². The fourth-order valence-electron chi connectivity index (χ4n) is 3.13. The molecule has 0 aliphatic rings. The fourth-order valence-corrected chi connectivity index (χ4v) is 4.92. The molecule has 0 fully saturated rings. The van der Waals surface area contributed by atoms with Gasteiger partial charge in [0, 0.05) is 11.3 Å². The molecule has 3 aromatic rings. The number of para-hydroxylation sites is 1. The van der Waals surface area contributed by atoms with Crippen molar-refractivity contribution >= 4 is 44.9 Å². The number of anilines is 2. The summed E-state index contributed by atoms with van der Waals surface area (Å²) in [6, 6.07) is 18.5. The van der Waals surface area contributed by atoms with Crippen molar-refractivity contribution in [2.24, 2.45) is 0 Å². The lowest BCUT2D eigenvalue weighted by Gasteiger charge is -2.24. The van der Waals surface area contributed by atoms with Gasteiger partial charge in [-0.05, 0) is 61.5 Å². The largest absolute Gasteiger partial charge is 0.462 e. The molecule has 0 aliphatic heterocycles. The second-order valence-electron chi connectivity index (χ2n) is 7.06. The Morgan fingerprint density at radius 2 is 1.74 bits per heavy atom. The summed E-state index contributed by atoms with van der Waals surface area (Å²) in [5, 5.41) is 2.96. The lowest BCUT2D eigenvalue weighted by Crippen LogP contribution is -2.31. The molecule has 0 radical (unpaired) electrons. The van der Waals surface area contributed by atoms with E-state index in [1.165, 1.54) is 42.5 Å². The van der Waals surface area contributed by atoms with Crippen LogP contribution in [0.15, 0.2) is 90.3 Å². The quantitative estimate of drug-likeness (QED) is 0.325. The number of esters is 1. The van der Waals surface area contributed by atoms with Crippen LogP contribution in [0, 0.1) is 0 Å². The van der Waals surface area contributed by atoms with Crippen LogP contribution in [0.25, 0.3) is 0 Å². The number of nitrogens with zero attached hydrogens (tertiary/aromatic N) is 1. The van der Waals surface area contributed by atoms with E-state index in [1.54, 1.807) is 43.3 Å². The van der Waals surface area contributed by atoms with Crippen molar-refractivity contribution in [2.45, 2.75) is 11.8 Å². The number of nitrogens with one attached hydrogen (secondary N) is 1. The van der Waals surface area contributed by atoms with E-state index in [0.29, 0.717) is 16.9 Å². The average molecular weight is 499 g/mol. The number of ether oxygens (including phenoxy) is 1. The third kappa shape index (κ3) is 5.65. The topological polar surface area (TPSA) is 92.8 Å². The van der Waals surface area contributed by atoms with Crippen LogP contribution in [0.3, 0.4) is 0 Å². The number of sulfonamides is 1. The second-order valence-corrected chi connectivity index (χ2v) is 9.33. The summed E-state index contributed by atoms with van der Waals surface area (Å²) in [4.78, 5) is 24.5. The molecular formula is C25H23ClN2O5S. The van der Waals surface area contributed by atoms with Crippen LogP contribution in [0.2, 0.25) is 5.02 Å². The smallest absolute Gasteiger partial charge is 0.338 e. The van der Waals surface area contributed by atoms with Gasteiger partial charge in [0.15, 0.2) is 0 Å². The van der Waals surface area contributed by atoms with Crippen LogP contribution in [0.4, 0.5) is 11.4 Å². The Labute approximate surface area is 203 Å². The highest BCUT2D eigenvalue weighted by molar-refractivity contribution is 7.92. The lowest BCUT2D eigenvalue weighted by atomic mass is 10.2. The van der Waals surface area contributed by atoms with Crippen LogP contribution in [-0.4, -0.2) is 33.4 Å². The first kappa shape index (κ1) is 25.0. The van der Waals surface area contributed by atoms with Gasteiger partial charge in [0.1, 0.15) is 0 Å². The van der Waals surface area contributed by atoms with Gasteiger partial charge in [-0.2, -0.15) is 0 Å². The minimum atomic E-state index is -4.04. The van der Waals surface area contributed by atoms with Crippen molar-refractivity contribution in [3.63, 3.8) is 0 Å². The molecule has 0 unspecified atom stereocenters. The number of hydrogen-bond acceptors (Lipinski definition) is 5. The van der Waals surface area contributed by atoms with E-state index in [-0.39, 0.29) is 28.6 Å². The zero-order valence-corrected chi connectivity index (χ0v) is 20.0. The number of carbonyl (C=O) groups excluding carboxylic acids is 2. The van der Waals surface area contributed by atoms with Crippen LogP contribution >= 0.6 is 11.6 Å². The highest BCUT2D eigenvalue weighted by atomic mass is 35.5. The Morgan fingerprint density at radius 1 is 1.03 bits per heavy atom. The van der Waals surface area contributed by atoms with E-state index in [4.69, 9.17) is 16.3 Å². The van der Waals surface area contributed by atoms with Gasteiger partial charge in [-0.3, -0.25) is 9.10 Å². The third-order valence-corrected chi connectivity index (χ3v) is 6.85. The van der Waals surface area contributed by atoms with Crippen molar-refractivity contribution in [2.75, 3.05) is 22.8 Å². The third-order valence-electron chi connectivity index (χ3n) is 4.75. The lowest BCUT2D eigenvalue weighted by molar-refractivity contribution is 0.0526. The van der Waals surface area contributed by atoms with Crippen molar-refractivity contribution in [3.8, 4) is 0 Å². The first-order valence-corrected chi connectivity index (χ1v) is 12.2. The number of rotatable bonds is 9. The van der Waals surface area contributed by atoms with Gasteiger partial charge < -0.3 is 10.1 Å². The molecule has 0 heterocycles. The van der Waals surface area contributed by atoms with Crippen molar-refractivity contribution in [3.05, 3.63) is 102 Å². The van der Waals surface area contributed by atoms with Gasteiger partial charge in [-0.1, -0.05) is 35.9 Å². The maximum atomic E-state index is 13.4. The zero-order chi connectivity index (χ0) is 24.7. The molecule has 176 valence electrons. The van der Waals surface area contributed by atoms with E-state index in [9.17, 15) is 18.0 Å². The normalized spacial score (nSPS) is 10.9. The average Bonchev–Trinajstić information content (AvgIpc) is 2.83. The highest BCUT2D eigenvalue weighted by Crippen LogP contribution is 2.30. The molecule has 0 aromatic heterocycles. The fraction of sp³-hybridized carbons (Fsp3) is 0.120. The Morgan fingerprint density at radius 3 is 2.38 bits per heavy atom. The summed E-state index contributed by atoms with van der Waals surface area (Å²) < 4.78 is 32.9. The number of hydrogen-bond donors (Lipinski definition) is 1. The zero-order valence-electron chi connectivity index (χ0n) is 18.4. The van der Waals surface area contributed by atoms with Gasteiger partial charge in [0.2, 0.25) is 0 Å². The number of halogens is 1. The molecule has 1 N–H and O–H groups in total. The second kappa shape index (κ2) is 11.0. The van der Waals surface area contributed by atoms with Gasteiger partial charge in [-0.15, -0.1) is 6.58 Å². The van der Waals surface area contributed by atoms with E-state index in [2.05, 4.69) is 11.9 Å². The summed E-state index contributed by atoms with van der Waals surface area (Å²) in [6.45, 7) is 5.61. The molecule has 0 atom stereocenters. The first-order valence-electron chi connectivity index (χ1n) is 10.3. The van der Waals surface area contributed by atoms with Gasteiger partial charge in [-0.25, -0.2) is 13.2 Å². The maximum absolute atomic E-state index is 13.4. The van der Waals surface area contributed by atoms with E-state index >= 15 is 0 Å². The van der Waals surface area contributed by atoms with E-state index in [1.807, 2.05) is 0 Å². The Balaban J connectivity index is 1.85. The van der Waals surface area contributed by atoms with Gasteiger partial charge >= 0.3 is 5.97 Å². The molecule has 0 saturated carbocycles. The van der Waals surface area contributed by atoms with Crippen molar-refractivity contribution < 1.29 is 22.7 Å². The number of benzene rings is 3. The van der Waals surface area contributed by atoms with Crippen LogP contribution in [0.5, 0.6) is 0 Å². The van der Waals surface area contributed by atoms with Gasteiger partial charge in [0.05, 0.1) is 34.3 Å². The summed E-state index contributed by atoms with van der Waals surface area (Å²) in [7, 11) is -4.04. The Kier molecular flexibility index (Phi) is 8.09. The number of amides is 1. The first-order chi connectivity index (χ1) is 16.3. The molecule has 3 aromatic carbocycles. The van der Waals surface area contributed by atoms with E-state index < -0.39 is 21.9 Å². The molecule has 9 heteroatoms. The summed E-state index contributed by atoms with van der Waals surface area (Å²) in [6.07, 6.45) is 1.46. The standard InChI is InChI=1S/C25H23ClN2O5S/c1-3-16-28(23-11-6-5-10-22(23)26)34(31,32)21-9-7-8-19(17-21)24(29)27-20-14-12-18(13-15-20)25(30)33-4-2/h3,5-15,17H,1,4,16H2,2H3,(H,27,29). The predicted octanol–water partition coefficient (Wildman–Crippen LogP) is 5.15. The predicted molar refractivity (Wildman–Crippen MR) is 133 cm³/mol. The Bertz CT molecular complexity index is 1310. The number of carbonyl (C=O) groups is 2. The van der Waals surface area contributed by atoms with E-state index in [0.717, 1.165) is 4.31 Å². The van der Waals surface area contributed by atoms with Crippen LogP contribution in [0.1, 0.15) is 27.6 Å². The molecule has 0 saturated heterocycles.